The van der Waals surface area contributed by atoms with Crippen LogP contribution in [0.2, 0.25) is 0 Å². The van der Waals surface area contributed by atoms with E-state index in [1.54, 1.807) is 18.6 Å². The molecule has 2 aromatic heterocycles. The summed E-state index contributed by atoms with van der Waals surface area (Å²) in [6, 6.07) is 0. The Morgan fingerprint density at radius 3 is 2.75 bits per heavy atom. The van der Waals surface area contributed by atoms with Crippen molar-refractivity contribution in [3.8, 4) is 11.4 Å². The van der Waals surface area contributed by atoms with Crippen molar-refractivity contribution < 1.29 is 0 Å². The van der Waals surface area contributed by atoms with E-state index in [1.807, 2.05) is 0 Å². The van der Waals surface area contributed by atoms with Crippen LogP contribution in [0.3, 0.4) is 0 Å². The van der Waals surface area contributed by atoms with E-state index in [4.69, 9.17) is 5.73 Å². The number of nitrogens with zero attached hydrogens (tertiary/aromatic N) is 4. The predicted molar refractivity (Wildman–Crippen MR) is 45.3 cm³/mol. The first-order chi connectivity index (χ1) is 5.88. The Balaban J connectivity index is 2.51. The second kappa shape index (κ2) is 2.82. The lowest BCUT2D eigenvalue weighted by molar-refractivity contribution is 1.19. The van der Waals surface area contributed by atoms with Gasteiger partial charge >= 0.3 is 0 Å². The van der Waals surface area contributed by atoms with E-state index in [-0.39, 0.29) is 0 Å². The number of hydrogen-bond acceptors (Lipinski definition) is 6. The maximum atomic E-state index is 5.54. The summed E-state index contributed by atoms with van der Waals surface area (Å²) in [5.74, 6) is 0.403. The van der Waals surface area contributed by atoms with Gasteiger partial charge in [0.2, 0.25) is 0 Å². The summed E-state index contributed by atoms with van der Waals surface area (Å²) in [6.07, 6.45) is 4.79. The molecule has 0 aliphatic carbocycles. The van der Waals surface area contributed by atoms with E-state index in [1.165, 1.54) is 0 Å². The van der Waals surface area contributed by atoms with Crippen LogP contribution in [-0.2, 0) is 0 Å². The minimum absolute atomic E-state index is 0.403. The van der Waals surface area contributed by atoms with E-state index < -0.39 is 0 Å². The molecule has 6 heteroatoms. The van der Waals surface area contributed by atoms with Crippen molar-refractivity contribution in [3.63, 3.8) is 0 Å². The fourth-order valence-corrected chi connectivity index (χ4v) is 1.28. The minimum Gasteiger partial charge on any atom is -0.381 e. The van der Waals surface area contributed by atoms with Crippen LogP contribution in [0.25, 0.3) is 11.4 Å². The zero-order valence-electron chi connectivity index (χ0n) is 6.01. The Morgan fingerprint density at radius 1 is 1.25 bits per heavy atom. The van der Waals surface area contributed by atoms with Crippen LogP contribution in [-0.4, -0.2) is 18.7 Å². The average molecular weight is 179 g/mol. The Kier molecular flexibility index (Phi) is 1.67. The molecule has 0 radical (unpaired) electrons. The third kappa shape index (κ3) is 1.12. The highest BCUT2D eigenvalue weighted by molar-refractivity contribution is 6.99. The number of rotatable bonds is 1. The van der Waals surface area contributed by atoms with Gasteiger partial charge in [0.15, 0.2) is 5.82 Å². The van der Waals surface area contributed by atoms with Crippen molar-refractivity contribution in [1.29, 1.82) is 0 Å². The fourth-order valence-electron chi connectivity index (χ4n) is 0.795. The van der Waals surface area contributed by atoms with Crippen molar-refractivity contribution in [3.05, 3.63) is 18.6 Å². The molecule has 0 bridgehead atoms. The quantitative estimate of drug-likeness (QED) is 0.692. The van der Waals surface area contributed by atoms with Gasteiger partial charge in [0.05, 0.1) is 17.9 Å². The van der Waals surface area contributed by atoms with Crippen molar-refractivity contribution in [2.75, 3.05) is 5.73 Å². The van der Waals surface area contributed by atoms with Gasteiger partial charge in [-0.1, -0.05) is 0 Å². The highest BCUT2D eigenvalue weighted by atomic mass is 32.1. The van der Waals surface area contributed by atoms with Gasteiger partial charge in [-0.25, -0.2) is 0 Å². The molecule has 0 saturated carbocycles. The molecule has 0 fully saturated rings. The van der Waals surface area contributed by atoms with Gasteiger partial charge in [-0.2, -0.15) is 8.75 Å². The summed E-state index contributed by atoms with van der Waals surface area (Å²) in [4.78, 5) is 7.94. The molecule has 5 nitrogen and oxygen atoms in total. The third-order valence-electron chi connectivity index (χ3n) is 1.32. The molecule has 2 aromatic rings. The van der Waals surface area contributed by atoms with Crippen molar-refractivity contribution >= 4 is 17.5 Å². The molecule has 0 aromatic carbocycles. The molecular formula is C6H5N5S. The third-order valence-corrected chi connectivity index (χ3v) is 1.86. The molecule has 12 heavy (non-hydrogen) atoms. The summed E-state index contributed by atoms with van der Waals surface area (Å²) < 4.78 is 7.82. The van der Waals surface area contributed by atoms with Crippen LogP contribution in [0, 0.1) is 0 Å². The molecule has 2 rings (SSSR count). The smallest absolute Gasteiger partial charge is 0.167 e. The van der Waals surface area contributed by atoms with Gasteiger partial charge in [-0.3, -0.25) is 9.97 Å². The second-order valence-corrected chi connectivity index (χ2v) is 2.62. The van der Waals surface area contributed by atoms with Gasteiger partial charge in [-0.05, 0) is 0 Å². The van der Waals surface area contributed by atoms with Crippen LogP contribution >= 0.6 is 11.7 Å². The molecular weight excluding hydrogens is 174 g/mol. The normalized spacial score (nSPS) is 10.0. The monoisotopic (exact) mass is 179 g/mol. The Labute approximate surface area is 72.6 Å². The number of anilines is 1. The first-order valence-electron chi connectivity index (χ1n) is 3.22. The summed E-state index contributed by atoms with van der Waals surface area (Å²) in [5, 5.41) is 0. The average Bonchev–Trinajstić information content (AvgIpc) is 2.53. The molecule has 60 valence electrons. The number of hydrogen-bond donors (Lipinski definition) is 1. The predicted octanol–water partition coefficient (Wildman–Crippen LogP) is 0.577. The maximum absolute atomic E-state index is 5.54. The van der Waals surface area contributed by atoms with E-state index >= 15 is 0 Å². The zero-order chi connectivity index (χ0) is 8.39. The Morgan fingerprint density at radius 2 is 2.17 bits per heavy atom. The second-order valence-electron chi connectivity index (χ2n) is 2.09. The van der Waals surface area contributed by atoms with Gasteiger partial charge in [0.25, 0.3) is 0 Å². The minimum atomic E-state index is 0.403. The highest BCUT2D eigenvalue weighted by Crippen LogP contribution is 2.19. The number of nitrogens with two attached hydrogens (primary N) is 1. The molecule has 2 heterocycles. The van der Waals surface area contributed by atoms with E-state index in [0.29, 0.717) is 17.2 Å². The Hall–Kier alpha value is -1.56. The van der Waals surface area contributed by atoms with Crippen LogP contribution in [0.15, 0.2) is 18.6 Å². The Bertz CT molecular complexity index is 370. The van der Waals surface area contributed by atoms with Gasteiger partial charge in [-0.15, -0.1) is 0 Å². The standard InChI is InChI=1S/C6H5N5S/c7-6-5(10-12-11-6)4-3-8-1-2-9-4/h1-3H,(H2,7,11). The van der Waals surface area contributed by atoms with Crippen LogP contribution in [0.1, 0.15) is 0 Å². The van der Waals surface area contributed by atoms with Gasteiger partial charge in [0, 0.05) is 12.4 Å². The molecule has 0 spiro atoms. The molecule has 0 aliphatic rings. The van der Waals surface area contributed by atoms with Gasteiger partial charge < -0.3 is 5.73 Å². The van der Waals surface area contributed by atoms with Crippen molar-refractivity contribution in [2.24, 2.45) is 0 Å². The first-order valence-corrected chi connectivity index (χ1v) is 3.95. The maximum Gasteiger partial charge on any atom is 0.167 e. The van der Waals surface area contributed by atoms with Crippen molar-refractivity contribution in [1.82, 2.24) is 18.7 Å². The molecule has 0 saturated heterocycles. The van der Waals surface area contributed by atoms with E-state index in [0.717, 1.165) is 11.7 Å². The van der Waals surface area contributed by atoms with E-state index in [9.17, 15) is 0 Å². The van der Waals surface area contributed by atoms with Crippen molar-refractivity contribution in [2.45, 2.75) is 0 Å². The molecule has 0 atom stereocenters. The number of aromatic nitrogens is 4. The molecule has 0 aliphatic heterocycles. The first kappa shape index (κ1) is 7.11. The lowest BCUT2D eigenvalue weighted by Crippen LogP contribution is -1.90. The SMILES string of the molecule is Nc1nsnc1-c1cnccn1. The fraction of sp³-hybridized carbons (Fsp3) is 0. The summed E-state index contributed by atoms with van der Waals surface area (Å²) >= 11 is 1.07. The summed E-state index contributed by atoms with van der Waals surface area (Å²) in [6.45, 7) is 0. The molecule has 2 N–H and O–H groups in total. The number of nitrogen functional groups attached to an aromatic ring is 1. The van der Waals surface area contributed by atoms with Crippen LogP contribution < -0.4 is 5.73 Å². The largest absolute Gasteiger partial charge is 0.381 e. The molecule has 0 amide bonds. The summed E-state index contributed by atoms with van der Waals surface area (Å²) in [5.41, 5.74) is 6.80. The zero-order valence-corrected chi connectivity index (χ0v) is 6.82. The van der Waals surface area contributed by atoms with Crippen LogP contribution in [0.5, 0.6) is 0 Å². The van der Waals surface area contributed by atoms with Crippen LogP contribution in [0.4, 0.5) is 5.82 Å². The topological polar surface area (TPSA) is 77.6 Å². The lowest BCUT2D eigenvalue weighted by atomic mass is 10.3. The summed E-state index contributed by atoms with van der Waals surface area (Å²) in [7, 11) is 0. The van der Waals surface area contributed by atoms with E-state index in [2.05, 4.69) is 18.7 Å². The lowest BCUT2D eigenvalue weighted by Gasteiger charge is -1.92. The highest BCUT2D eigenvalue weighted by Gasteiger charge is 2.07. The molecule has 0 unspecified atom stereocenters. The van der Waals surface area contributed by atoms with Gasteiger partial charge in [0.1, 0.15) is 11.4 Å².